The highest BCUT2D eigenvalue weighted by atomic mass is 79.9. The topological polar surface area (TPSA) is 86.0 Å². The highest BCUT2D eigenvalue weighted by Gasteiger charge is 2.43. The van der Waals surface area contributed by atoms with Crippen LogP contribution in [0, 0.1) is 5.92 Å². The summed E-state index contributed by atoms with van der Waals surface area (Å²) in [5.41, 5.74) is 1.91. The third kappa shape index (κ3) is 5.21. The second kappa shape index (κ2) is 11.1. The van der Waals surface area contributed by atoms with Gasteiger partial charge < -0.3 is 13.9 Å². The van der Waals surface area contributed by atoms with Gasteiger partial charge in [0, 0.05) is 10.2 Å². The molecule has 0 aliphatic carbocycles. The Bertz CT molecular complexity index is 1610. The van der Waals surface area contributed by atoms with Crippen molar-refractivity contribution in [3.05, 3.63) is 104 Å². The van der Waals surface area contributed by atoms with E-state index in [9.17, 15) is 14.4 Å². The molecule has 0 radical (unpaired) electrons. The molecule has 1 aromatic heterocycles. The number of amides is 1. The third-order valence-corrected chi connectivity index (χ3v) is 7.12. The van der Waals surface area contributed by atoms with Gasteiger partial charge in [-0.15, -0.1) is 0 Å². The molecule has 0 saturated heterocycles. The Morgan fingerprint density at radius 1 is 1.05 bits per heavy atom. The third-order valence-electron chi connectivity index (χ3n) is 6.63. The number of carbonyl (C=O) groups is 2. The van der Waals surface area contributed by atoms with Crippen LogP contribution >= 0.6 is 15.9 Å². The maximum Gasteiger partial charge on any atom is 0.338 e. The molecule has 0 bridgehead atoms. The van der Waals surface area contributed by atoms with E-state index in [1.165, 1.54) is 4.90 Å². The van der Waals surface area contributed by atoms with Gasteiger partial charge in [-0.25, -0.2) is 4.79 Å². The number of carbonyl (C=O) groups excluding carboxylic acids is 2. The highest BCUT2D eigenvalue weighted by molar-refractivity contribution is 9.10. The normalized spacial score (nSPS) is 14.6. The first-order valence-electron chi connectivity index (χ1n) is 12.9. The van der Waals surface area contributed by atoms with Gasteiger partial charge in [0.1, 0.15) is 11.3 Å². The van der Waals surface area contributed by atoms with Crippen molar-refractivity contribution in [2.45, 2.75) is 33.2 Å². The first-order chi connectivity index (χ1) is 18.8. The Balaban J connectivity index is 1.64. The first-order valence-corrected chi connectivity index (χ1v) is 13.7. The van der Waals surface area contributed by atoms with Crippen molar-refractivity contribution < 1.29 is 23.5 Å². The van der Waals surface area contributed by atoms with E-state index in [4.69, 9.17) is 13.9 Å². The maximum atomic E-state index is 13.9. The van der Waals surface area contributed by atoms with Crippen LogP contribution in [0.4, 0.5) is 5.69 Å². The average molecular weight is 590 g/mol. The fourth-order valence-electron chi connectivity index (χ4n) is 4.69. The number of hydrogen-bond donors (Lipinski definition) is 0. The van der Waals surface area contributed by atoms with E-state index < -0.39 is 17.9 Å². The minimum Gasteiger partial charge on any atom is -0.494 e. The van der Waals surface area contributed by atoms with E-state index in [0.29, 0.717) is 46.1 Å². The van der Waals surface area contributed by atoms with Crippen LogP contribution < -0.4 is 15.1 Å². The van der Waals surface area contributed by atoms with Crippen LogP contribution in [0.1, 0.15) is 65.3 Å². The molecular formula is C31H28BrNO6. The van der Waals surface area contributed by atoms with E-state index in [1.807, 2.05) is 24.3 Å². The second-order valence-electron chi connectivity index (χ2n) is 9.76. The number of anilines is 1. The van der Waals surface area contributed by atoms with E-state index in [-0.39, 0.29) is 23.4 Å². The lowest BCUT2D eigenvalue weighted by Gasteiger charge is -2.25. The van der Waals surface area contributed by atoms with Crippen molar-refractivity contribution >= 4 is 44.5 Å². The molecule has 4 aromatic rings. The Morgan fingerprint density at radius 2 is 1.82 bits per heavy atom. The molecule has 7 nitrogen and oxygen atoms in total. The van der Waals surface area contributed by atoms with Crippen LogP contribution in [0.2, 0.25) is 0 Å². The molecule has 2 heterocycles. The summed E-state index contributed by atoms with van der Waals surface area (Å²) in [4.78, 5) is 41.5. The van der Waals surface area contributed by atoms with Crippen LogP contribution in [0.25, 0.3) is 11.0 Å². The lowest BCUT2D eigenvalue weighted by molar-refractivity contribution is 0.0526. The molecular weight excluding hydrogens is 562 g/mol. The fourth-order valence-corrected chi connectivity index (χ4v) is 5.05. The summed E-state index contributed by atoms with van der Waals surface area (Å²) >= 11 is 3.43. The summed E-state index contributed by atoms with van der Waals surface area (Å²) in [6.45, 7) is 6.82. The van der Waals surface area contributed by atoms with Crippen LogP contribution in [0.15, 0.2) is 80.4 Å². The van der Waals surface area contributed by atoms with Gasteiger partial charge >= 0.3 is 5.97 Å². The van der Waals surface area contributed by atoms with Gasteiger partial charge in [-0.3, -0.25) is 14.5 Å². The molecule has 200 valence electrons. The summed E-state index contributed by atoms with van der Waals surface area (Å²) in [5, 5.41) is 0.379. The molecule has 0 saturated carbocycles. The molecule has 1 amide bonds. The lowest BCUT2D eigenvalue weighted by atomic mass is 9.98. The Kier molecular flexibility index (Phi) is 7.57. The van der Waals surface area contributed by atoms with Gasteiger partial charge in [-0.2, -0.15) is 0 Å². The smallest absolute Gasteiger partial charge is 0.338 e. The molecule has 1 aliphatic rings. The summed E-state index contributed by atoms with van der Waals surface area (Å²) in [6, 6.07) is 18.4. The van der Waals surface area contributed by atoms with E-state index in [0.717, 1.165) is 10.9 Å². The van der Waals surface area contributed by atoms with E-state index in [2.05, 4.69) is 29.8 Å². The predicted octanol–water partition coefficient (Wildman–Crippen LogP) is 6.91. The fraction of sp³-hybridized carbons (Fsp3) is 0.258. The highest BCUT2D eigenvalue weighted by Crippen LogP contribution is 2.42. The molecule has 0 N–H and O–H groups in total. The molecule has 3 aromatic carbocycles. The van der Waals surface area contributed by atoms with Gasteiger partial charge in [-0.1, -0.05) is 41.9 Å². The molecule has 1 atom stereocenters. The molecule has 39 heavy (non-hydrogen) atoms. The zero-order valence-corrected chi connectivity index (χ0v) is 23.5. The van der Waals surface area contributed by atoms with Crippen molar-refractivity contribution in [2.24, 2.45) is 5.92 Å². The van der Waals surface area contributed by atoms with Gasteiger partial charge in [-0.05, 0) is 79.4 Å². The number of esters is 1. The van der Waals surface area contributed by atoms with Crippen molar-refractivity contribution in [3.8, 4) is 5.75 Å². The SMILES string of the molecule is CCOC(=O)c1ccc(N2C(=O)c3oc4ccc(Br)cc4c(=O)c3C2c2cccc(OCCC(C)C)c2)cc1. The number of halogens is 1. The summed E-state index contributed by atoms with van der Waals surface area (Å²) in [7, 11) is 0. The standard InChI is InChI=1S/C31H28BrNO6/c1-4-37-31(36)19-8-11-22(12-9-19)33-27(20-6-5-7-23(16-20)38-15-14-18(2)3)26-28(34)24-17-21(32)10-13-25(24)39-29(26)30(33)35/h5-13,16-18,27H,4,14-15H2,1-3H3. The van der Waals surface area contributed by atoms with Gasteiger partial charge in [0.05, 0.1) is 35.8 Å². The Labute approximate surface area is 234 Å². The molecule has 0 spiro atoms. The summed E-state index contributed by atoms with van der Waals surface area (Å²) < 4.78 is 17.9. The quantitative estimate of drug-likeness (QED) is 0.208. The Morgan fingerprint density at radius 3 is 2.54 bits per heavy atom. The van der Waals surface area contributed by atoms with Gasteiger partial charge in [0.25, 0.3) is 5.91 Å². The zero-order valence-electron chi connectivity index (χ0n) is 21.9. The first kappa shape index (κ1) is 26.7. The van der Waals surface area contributed by atoms with Crippen molar-refractivity contribution in [3.63, 3.8) is 0 Å². The second-order valence-corrected chi connectivity index (χ2v) is 10.7. The molecule has 5 rings (SSSR count). The van der Waals surface area contributed by atoms with Crippen LogP contribution in [0.3, 0.4) is 0 Å². The summed E-state index contributed by atoms with van der Waals surface area (Å²) in [5.74, 6) is 0.265. The molecule has 0 fully saturated rings. The number of benzene rings is 3. The van der Waals surface area contributed by atoms with Crippen molar-refractivity contribution in [1.82, 2.24) is 0 Å². The Hall–Kier alpha value is -3.91. The van der Waals surface area contributed by atoms with E-state index in [1.54, 1.807) is 49.4 Å². The largest absolute Gasteiger partial charge is 0.494 e. The zero-order chi connectivity index (χ0) is 27.7. The van der Waals surface area contributed by atoms with Crippen LogP contribution in [0.5, 0.6) is 5.75 Å². The lowest BCUT2D eigenvalue weighted by Crippen LogP contribution is -2.29. The van der Waals surface area contributed by atoms with Crippen molar-refractivity contribution in [2.75, 3.05) is 18.1 Å². The van der Waals surface area contributed by atoms with Gasteiger partial charge in [0.2, 0.25) is 5.76 Å². The minimum absolute atomic E-state index is 0.000390. The average Bonchev–Trinajstić information content (AvgIpc) is 3.21. The van der Waals surface area contributed by atoms with Crippen molar-refractivity contribution in [1.29, 1.82) is 0 Å². The van der Waals surface area contributed by atoms with E-state index >= 15 is 0 Å². The molecule has 1 aliphatic heterocycles. The number of hydrogen-bond acceptors (Lipinski definition) is 6. The number of rotatable bonds is 8. The number of fused-ring (bicyclic) bond motifs is 2. The maximum absolute atomic E-state index is 13.9. The summed E-state index contributed by atoms with van der Waals surface area (Å²) in [6.07, 6.45) is 0.901. The number of nitrogens with zero attached hydrogens (tertiary/aromatic N) is 1. The minimum atomic E-state index is -0.755. The predicted molar refractivity (Wildman–Crippen MR) is 153 cm³/mol. The number of ether oxygens (including phenoxy) is 2. The van der Waals surface area contributed by atoms with Gasteiger partial charge in [0.15, 0.2) is 5.43 Å². The monoisotopic (exact) mass is 589 g/mol. The molecule has 8 heteroatoms. The molecule has 1 unspecified atom stereocenters. The van der Waals surface area contributed by atoms with Crippen LogP contribution in [-0.4, -0.2) is 25.1 Å². The van der Waals surface area contributed by atoms with Crippen LogP contribution in [-0.2, 0) is 4.74 Å².